The van der Waals surface area contributed by atoms with Gasteiger partial charge in [-0.15, -0.1) is 0 Å². The van der Waals surface area contributed by atoms with Crippen LogP contribution in [0.1, 0.15) is 18.1 Å². The van der Waals surface area contributed by atoms with Crippen LogP contribution in [0.5, 0.6) is 5.75 Å². The maximum absolute atomic E-state index is 10.7. The van der Waals surface area contributed by atoms with Gasteiger partial charge in [0, 0.05) is 12.1 Å². The van der Waals surface area contributed by atoms with Gasteiger partial charge in [-0.05, 0) is 36.6 Å². The molecule has 0 atom stereocenters. The highest BCUT2D eigenvalue weighted by molar-refractivity contribution is 6.31. The molecule has 0 aliphatic heterocycles. The number of benzene rings is 2. The van der Waals surface area contributed by atoms with Gasteiger partial charge in [-0.3, -0.25) is 10.1 Å². The number of nitrogens with zero attached hydrogens (tertiary/aromatic N) is 1. The average Bonchev–Trinajstić information content (AvgIpc) is 2.43. The van der Waals surface area contributed by atoms with E-state index in [1.807, 2.05) is 31.2 Å². The predicted octanol–water partition coefficient (Wildman–Crippen LogP) is 4.24. The van der Waals surface area contributed by atoms with Gasteiger partial charge in [0.05, 0.1) is 16.6 Å². The third kappa shape index (κ3) is 3.48. The van der Waals surface area contributed by atoms with Crippen molar-refractivity contribution in [3.05, 3.63) is 68.7 Å². The number of rotatable bonds is 5. The van der Waals surface area contributed by atoms with Crippen LogP contribution in [-0.4, -0.2) is 11.5 Å². The fourth-order valence-corrected chi connectivity index (χ4v) is 2.12. The smallest absolute Gasteiger partial charge is 0.270 e. The molecule has 0 unspecified atom stereocenters. The zero-order valence-corrected chi connectivity index (χ0v) is 11.8. The van der Waals surface area contributed by atoms with Gasteiger partial charge in [-0.25, -0.2) is 0 Å². The number of hydrogen-bond acceptors (Lipinski definition) is 3. The predicted molar refractivity (Wildman–Crippen MR) is 78.5 cm³/mol. The quantitative estimate of drug-likeness (QED) is 0.611. The van der Waals surface area contributed by atoms with E-state index in [0.29, 0.717) is 18.1 Å². The molecule has 5 heteroatoms. The van der Waals surface area contributed by atoms with E-state index < -0.39 is 4.92 Å². The first kappa shape index (κ1) is 14.3. The zero-order valence-electron chi connectivity index (χ0n) is 11.0. The van der Waals surface area contributed by atoms with Crippen LogP contribution in [0, 0.1) is 10.1 Å². The van der Waals surface area contributed by atoms with E-state index in [2.05, 4.69) is 0 Å². The van der Waals surface area contributed by atoms with Crippen molar-refractivity contribution in [3.8, 4) is 5.75 Å². The summed E-state index contributed by atoms with van der Waals surface area (Å²) in [6, 6.07) is 12.3. The van der Waals surface area contributed by atoms with Gasteiger partial charge in [-0.2, -0.15) is 0 Å². The summed E-state index contributed by atoms with van der Waals surface area (Å²) in [5.41, 5.74) is 1.94. The van der Waals surface area contributed by atoms with Gasteiger partial charge in [-0.1, -0.05) is 29.8 Å². The fourth-order valence-electron chi connectivity index (χ4n) is 1.88. The first-order valence-corrected chi connectivity index (χ1v) is 6.62. The zero-order chi connectivity index (χ0) is 14.5. The Bertz CT molecular complexity index is 611. The van der Waals surface area contributed by atoms with E-state index in [-0.39, 0.29) is 5.69 Å². The SMILES string of the molecule is CCOc1ccc(Cc2ccc([N+](=O)[O-])cc2Cl)cc1. The second kappa shape index (κ2) is 6.39. The lowest BCUT2D eigenvalue weighted by atomic mass is 10.0. The Kier molecular flexibility index (Phi) is 4.58. The van der Waals surface area contributed by atoms with Gasteiger partial charge < -0.3 is 4.74 Å². The molecule has 2 aromatic rings. The van der Waals surface area contributed by atoms with Crippen molar-refractivity contribution in [1.82, 2.24) is 0 Å². The monoisotopic (exact) mass is 291 g/mol. The molecule has 0 fully saturated rings. The summed E-state index contributed by atoms with van der Waals surface area (Å²) < 4.78 is 5.38. The lowest BCUT2D eigenvalue weighted by Gasteiger charge is -2.06. The van der Waals surface area contributed by atoms with Gasteiger partial charge in [0.2, 0.25) is 0 Å². The second-order valence-corrected chi connectivity index (χ2v) is 4.69. The van der Waals surface area contributed by atoms with E-state index in [1.165, 1.54) is 12.1 Å². The minimum Gasteiger partial charge on any atom is -0.494 e. The number of nitro groups is 1. The molecule has 0 bridgehead atoms. The molecule has 0 saturated carbocycles. The number of halogens is 1. The standard InChI is InChI=1S/C15H14ClNO3/c1-2-20-14-7-3-11(4-8-14)9-12-5-6-13(17(18)19)10-15(12)16/h3-8,10H,2,9H2,1H3. The Morgan fingerprint density at radius 1 is 1.20 bits per heavy atom. The van der Waals surface area contributed by atoms with Crippen molar-refractivity contribution in [2.45, 2.75) is 13.3 Å². The molecular formula is C15H14ClNO3. The number of nitro benzene ring substituents is 1. The van der Waals surface area contributed by atoms with E-state index in [4.69, 9.17) is 16.3 Å². The first-order valence-electron chi connectivity index (χ1n) is 6.24. The van der Waals surface area contributed by atoms with Gasteiger partial charge in [0.1, 0.15) is 5.75 Å². The van der Waals surface area contributed by atoms with E-state index in [0.717, 1.165) is 16.9 Å². The largest absolute Gasteiger partial charge is 0.494 e. The molecule has 0 amide bonds. The summed E-state index contributed by atoms with van der Waals surface area (Å²) in [6.45, 7) is 2.57. The lowest BCUT2D eigenvalue weighted by molar-refractivity contribution is -0.384. The Morgan fingerprint density at radius 3 is 2.45 bits per heavy atom. The van der Waals surface area contributed by atoms with E-state index in [1.54, 1.807) is 6.07 Å². The van der Waals surface area contributed by atoms with Crippen molar-refractivity contribution in [1.29, 1.82) is 0 Å². The van der Waals surface area contributed by atoms with E-state index in [9.17, 15) is 10.1 Å². The molecular weight excluding hydrogens is 278 g/mol. The Morgan fingerprint density at radius 2 is 1.90 bits per heavy atom. The summed E-state index contributed by atoms with van der Waals surface area (Å²) in [6.07, 6.45) is 0.628. The third-order valence-electron chi connectivity index (χ3n) is 2.88. The van der Waals surface area contributed by atoms with Crippen molar-refractivity contribution in [2.75, 3.05) is 6.61 Å². The minimum absolute atomic E-state index is 0.00504. The molecule has 0 saturated heterocycles. The Labute approximate surface area is 122 Å². The molecule has 4 nitrogen and oxygen atoms in total. The van der Waals surface area contributed by atoms with Crippen LogP contribution < -0.4 is 4.74 Å². The summed E-state index contributed by atoms with van der Waals surface area (Å²) >= 11 is 6.08. The van der Waals surface area contributed by atoms with Crippen LogP contribution >= 0.6 is 11.6 Å². The number of non-ortho nitro benzene ring substituents is 1. The number of hydrogen-bond donors (Lipinski definition) is 0. The van der Waals surface area contributed by atoms with Crippen molar-refractivity contribution < 1.29 is 9.66 Å². The topological polar surface area (TPSA) is 52.4 Å². The van der Waals surface area contributed by atoms with Crippen LogP contribution in [-0.2, 0) is 6.42 Å². The maximum Gasteiger partial charge on any atom is 0.270 e. The molecule has 0 spiro atoms. The van der Waals surface area contributed by atoms with Gasteiger partial charge >= 0.3 is 0 Å². The normalized spacial score (nSPS) is 10.3. The molecule has 2 aromatic carbocycles. The summed E-state index contributed by atoms with van der Waals surface area (Å²) in [5.74, 6) is 0.825. The third-order valence-corrected chi connectivity index (χ3v) is 3.23. The fraction of sp³-hybridized carbons (Fsp3) is 0.200. The molecule has 2 rings (SSSR count). The molecule has 20 heavy (non-hydrogen) atoms. The maximum atomic E-state index is 10.7. The van der Waals surface area contributed by atoms with Crippen molar-refractivity contribution >= 4 is 17.3 Å². The van der Waals surface area contributed by atoms with Gasteiger partial charge in [0.15, 0.2) is 0 Å². The van der Waals surface area contributed by atoms with Crippen LogP contribution in [0.3, 0.4) is 0 Å². The highest BCUT2D eigenvalue weighted by atomic mass is 35.5. The second-order valence-electron chi connectivity index (χ2n) is 4.29. The van der Waals surface area contributed by atoms with Crippen LogP contribution in [0.15, 0.2) is 42.5 Å². The Hall–Kier alpha value is -2.07. The lowest BCUT2D eigenvalue weighted by Crippen LogP contribution is -1.94. The van der Waals surface area contributed by atoms with Crippen LogP contribution in [0.2, 0.25) is 5.02 Å². The van der Waals surface area contributed by atoms with Crippen LogP contribution in [0.25, 0.3) is 0 Å². The Balaban J connectivity index is 2.15. The minimum atomic E-state index is -0.452. The molecule has 0 aliphatic rings. The van der Waals surface area contributed by atoms with Crippen molar-refractivity contribution in [3.63, 3.8) is 0 Å². The summed E-state index contributed by atoms with van der Waals surface area (Å²) in [4.78, 5) is 10.2. The van der Waals surface area contributed by atoms with Crippen LogP contribution in [0.4, 0.5) is 5.69 Å². The van der Waals surface area contributed by atoms with E-state index >= 15 is 0 Å². The summed E-state index contributed by atoms with van der Waals surface area (Å²) in [5, 5.41) is 11.1. The molecule has 0 heterocycles. The van der Waals surface area contributed by atoms with Crippen molar-refractivity contribution in [2.24, 2.45) is 0 Å². The average molecular weight is 292 g/mol. The molecule has 104 valence electrons. The molecule has 0 radical (unpaired) electrons. The summed E-state index contributed by atoms with van der Waals surface area (Å²) in [7, 11) is 0. The molecule has 0 aromatic heterocycles. The molecule has 0 N–H and O–H groups in total. The highest BCUT2D eigenvalue weighted by Crippen LogP contribution is 2.25. The van der Waals surface area contributed by atoms with Gasteiger partial charge in [0.25, 0.3) is 5.69 Å². The first-order chi connectivity index (χ1) is 9.60. The number of ether oxygens (including phenoxy) is 1. The molecule has 0 aliphatic carbocycles. The highest BCUT2D eigenvalue weighted by Gasteiger charge is 2.09.